The van der Waals surface area contributed by atoms with Crippen molar-refractivity contribution in [3.63, 3.8) is 0 Å². The second-order valence-corrected chi connectivity index (χ2v) is 5.12. The number of aromatic nitrogens is 2. The molecule has 1 aromatic heterocycles. The summed E-state index contributed by atoms with van der Waals surface area (Å²) in [6, 6.07) is 0.345. The van der Waals surface area contributed by atoms with Gasteiger partial charge in [-0.25, -0.2) is 0 Å². The average Bonchev–Trinajstić information content (AvgIpc) is 3.00. The average molecular weight is 253 g/mol. The number of hydrogen-bond acceptors (Lipinski definition) is 5. The van der Waals surface area contributed by atoms with Crippen LogP contribution in [0.4, 0.5) is 0 Å². The van der Waals surface area contributed by atoms with E-state index in [9.17, 15) is 0 Å². The Labute approximate surface area is 108 Å². The van der Waals surface area contributed by atoms with Crippen molar-refractivity contribution in [1.29, 1.82) is 0 Å². The van der Waals surface area contributed by atoms with Crippen LogP contribution < -0.4 is 5.32 Å². The second-order valence-electron chi connectivity index (χ2n) is 5.12. The Bertz CT molecular complexity index is 361. The Hall–Kier alpha value is -0.940. The maximum Gasteiger partial charge on any atom is 0.231 e. The van der Waals surface area contributed by atoms with Crippen molar-refractivity contribution >= 4 is 0 Å². The minimum Gasteiger partial charge on any atom is -0.381 e. The van der Waals surface area contributed by atoms with E-state index in [0.717, 1.165) is 44.3 Å². The van der Waals surface area contributed by atoms with Crippen LogP contribution in [0.25, 0.3) is 0 Å². The molecule has 0 radical (unpaired) electrons. The third-order valence-electron chi connectivity index (χ3n) is 3.64. The van der Waals surface area contributed by atoms with E-state index in [-0.39, 0.29) is 5.92 Å². The first-order chi connectivity index (χ1) is 8.70. The molecule has 0 bridgehead atoms. The number of likely N-dealkylation sites (N-methyl/N-ethyl adjacent to an activating group) is 1. The molecule has 3 atom stereocenters. The number of ether oxygens (including phenoxy) is 1. The quantitative estimate of drug-likeness (QED) is 0.837. The number of nitrogens with one attached hydrogen (secondary N) is 1. The summed E-state index contributed by atoms with van der Waals surface area (Å²) >= 11 is 0. The van der Waals surface area contributed by atoms with Crippen molar-refractivity contribution in [3.05, 3.63) is 11.7 Å². The number of rotatable bonds is 6. The van der Waals surface area contributed by atoms with Gasteiger partial charge in [-0.15, -0.1) is 0 Å². The van der Waals surface area contributed by atoms with Gasteiger partial charge in [-0.05, 0) is 25.8 Å². The molecule has 2 heterocycles. The van der Waals surface area contributed by atoms with Crippen molar-refractivity contribution in [1.82, 2.24) is 15.5 Å². The normalized spacial score (nSPS) is 23.2. The molecular formula is C13H23N3O2. The molecule has 5 heteroatoms. The second kappa shape index (κ2) is 6.29. The Morgan fingerprint density at radius 2 is 2.28 bits per heavy atom. The van der Waals surface area contributed by atoms with Gasteiger partial charge in [0.2, 0.25) is 5.89 Å². The minimum absolute atomic E-state index is 0.242. The van der Waals surface area contributed by atoms with Crippen LogP contribution in [0.5, 0.6) is 0 Å². The summed E-state index contributed by atoms with van der Waals surface area (Å²) < 4.78 is 10.7. The highest BCUT2D eigenvalue weighted by atomic mass is 16.5. The molecule has 1 aliphatic rings. The molecule has 1 aromatic rings. The first kappa shape index (κ1) is 13.5. The fourth-order valence-electron chi connectivity index (χ4n) is 2.25. The van der Waals surface area contributed by atoms with Crippen molar-refractivity contribution in [2.24, 2.45) is 5.92 Å². The van der Waals surface area contributed by atoms with Gasteiger partial charge in [0.25, 0.3) is 0 Å². The lowest BCUT2D eigenvalue weighted by Crippen LogP contribution is -2.30. The molecule has 0 aliphatic carbocycles. The number of nitrogens with zero attached hydrogens (tertiary/aromatic N) is 2. The summed E-state index contributed by atoms with van der Waals surface area (Å²) in [6.07, 6.45) is 1.97. The summed E-state index contributed by atoms with van der Waals surface area (Å²) in [6.45, 7) is 9.00. The Balaban J connectivity index is 1.92. The summed E-state index contributed by atoms with van der Waals surface area (Å²) in [5.74, 6) is 2.34. The van der Waals surface area contributed by atoms with E-state index >= 15 is 0 Å². The van der Waals surface area contributed by atoms with Crippen LogP contribution >= 0.6 is 0 Å². The van der Waals surface area contributed by atoms with Crippen LogP contribution in [0, 0.1) is 5.92 Å². The SMILES string of the molecule is CCNC(C)C(C)c1nc(CC2CCOC2)no1. The van der Waals surface area contributed by atoms with Crippen LogP contribution in [-0.4, -0.2) is 35.9 Å². The van der Waals surface area contributed by atoms with E-state index in [1.807, 2.05) is 0 Å². The monoisotopic (exact) mass is 253 g/mol. The fraction of sp³-hybridized carbons (Fsp3) is 0.846. The number of hydrogen-bond donors (Lipinski definition) is 1. The molecule has 2 rings (SSSR count). The van der Waals surface area contributed by atoms with Gasteiger partial charge in [0.05, 0.1) is 5.92 Å². The minimum atomic E-state index is 0.242. The van der Waals surface area contributed by atoms with Crippen LogP contribution in [0.15, 0.2) is 4.52 Å². The molecule has 102 valence electrons. The zero-order valence-electron chi connectivity index (χ0n) is 11.5. The third-order valence-corrected chi connectivity index (χ3v) is 3.64. The Morgan fingerprint density at radius 3 is 2.94 bits per heavy atom. The van der Waals surface area contributed by atoms with Gasteiger partial charge >= 0.3 is 0 Å². The van der Waals surface area contributed by atoms with Gasteiger partial charge in [0.15, 0.2) is 5.82 Å². The van der Waals surface area contributed by atoms with Gasteiger partial charge in [0.1, 0.15) is 0 Å². The maximum absolute atomic E-state index is 5.36. The van der Waals surface area contributed by atoms with Gasteiger partial charge in [0, 0.05) is 25.7 Å². The largest absolute Gasteiger partial charge is 0.381 e. The zero-order chi connectivity index (χ0) is 13.0. The zero-order valence-corrected chi connectivity index (χ0v) is 11.5. The summed E-state index contributed by atoms with van der Waals surface area (Å²) in [4.78, 5) is 4.50. The van der Waals surface area contributed by atoms with Gasteiger partial charge in [-0.3, -0.25) is 0 Å². The van der Waals surface area contributed by atoms with E-state index in [1.165, 1.54) is 0 Å². The van der Waals surface area contributed by atoms with E-state index in [2.05, 4.69) is 36.2 Å². The van der Waals surface area contributed by atoms with Gasteiger partial charge < -0.3 is 14.6 Å². The standard InChI is InChI=1S/C13H23N3O2/c1-4-14-10(3)9(2)13-15-12(16-18-13)7-11-5-6-17-8-11/h9-11,14H,4-8H2,1-3H3. The maximum atomic E-state index is 5.36. The first-order valence-corrected chi connectivity index (χ1v) is 6.84. The predicted octanol–water partition coefficient (Wildman–Crippen LogP) is 1.75. The van der Waals surface area contributed by atoms with Crippen molar-refractivity contribution in [2.45, 2.75) is 45.6 Å². The van der Waals surface area contributed by atoms with Crippen LogP contribution in [-0.2, 0) is 11.2 Å². The van der Waals surface area contributed by atoms with Crippen molar-refractivity contribution in [2.75, 3.05) is 19.8 Å². The van der Waals surface area contributed by atoms with Gasteiger partial charge in [-0.2, -0.15) is 4.98 Å². The highest BCUT2D eigenvalue weighted by Gasteiger charge is 2.22. The molecule has 0 saturated carbocycles. The molecule has 3 unspecified atom stereocenters. The molecule has 1 saturated heterocycles. The van der Waals surface area contributed by atoms with Crippen LogP contribution in [0.2, 0.25) is 0 Å². The molecule has 1 N–H and O–H groups in total. The van der Waals surface area contributed by atoms with E-state index in [4.69, 9.17) is 9.26 Å². The lowest BCUT2D eigenvalue weighted by Gasteiger charge is -2.16. The molecular weight excluding hydrogens is 230 g/mol. The Kier molecular flexibility index (Phi) is 4.72. The fourth-order valence-corrected chi connectivity index (χ4v) is 2.25. The summed E-state index contributed by atoms with van der Waals surface area (Å²) in [5, 5.41) is 7.45. The molecule has 0 aromatic carbocycles. The third kappa shape index (κ3) is 3.29. The smallest absolute Gasteiger partial charge is 0.231 e. The molecule has 5 nitrogen and oxygen atoms in total. The topological polar surface area (TPSA) is 60.2 Å². The molecule has 1 fully saturated rings. The summed E-state index contributed by atoms with van der Waals surface area (Å²) in [5.41, 5.74) is 0. The van der Waals surface area contributed by atoms with E-state index in [0.29, 0.717) is 12.0 Å². The Morgan fingerprint density at radius 1 is 1.44 bits per heavy atom. The van der Waals surface area contributed by atoms with Crippen molar-refractivity contribution < 1.29 is 9.26 Å². The molecule has 18 heavy (non-hydrogen) atoms. The van der Waals surface area contributed by atoms with Crippen LogP contribution in [0.1, 0.15) is 44.8 Å². The lowest BCUT2D eigenvalue weighted by molar-refractivity contribution is 0.185. The van der Waals surface area contributed by atoms with E-state index < -0.39 is 0 Å². The van der Waals surface area contributed by atoms with E-state index in [1.54, 1.807) is 0 Å². The highest BCUT2D eigenvalue weighted by Crippen LogP contribution is 2.20. The van der Waals surface area contributed by atoms with Crippen LogP contribution in [0.3, 0.4) is 0 Å². The highest BCUT2D eigenvalue weighted by molar-refractivity contribution is 4.97. The molecule has 0 amide bonds. The first-order valence-electron chi connectivity index (χ1n) is 6.84. The lowest BCUT2D eigenvalue weighted by atomic mass is 10.0. The molecule has 1 aliphatic heterocycles. The van der Waals surface area contributed by atoms with Gasteiger partial charge in [-0.1, -0.05) is 19.0 Å². The molecule has 0 spiro atoms. The predicted molar refractivity (Wildman–Crippen MR) is 68.5 cm³/mol. The van der Waals surface area contributed by atoms with Crippen molar-refractivity contribution in [3.8, 4) is 0 Å². The summed E-state index contributed by atoms with van der Waals surface area (Å²) in [7, 11) is 0.